The molecule has 1 heterocycles. The fraction of sp³-hybridized carbons (Fsp3) is 0.105. The van der Waals surface area contributed by atoms with Crippen molar-refractivity contribution >= 4 is 17.3 Å². The van der Waals surface area contributed by atoms with Crippen LogP contribution in [-0.4, -0.2) is 5.97 Å². The fourth-order valence-electron chi connectivity index (χ4n) is 2.98. The summed E-state index contributed by atoms with van der Waals surface area (Å²) < 4.78 is 5.86. The van der Waals surface area contributed by atoms with Crippen molar-refractivity contribution in [3.05, 3.63) is 81.5 Å². The smallest absolute Gasteiger partial charge is 0.349 e. The number of aryl methyl sites for hydroxylation is 1. The molecule has 3 heteroatoms. The van der Waals surface area contributed by atoms with Crippen LogP contribution < -0.4 is 0 Å². The largest absolute Gasteiger partial charge is 0.448 e. The molecule has 22 heavy (non-hydrogen) atoms. The topological polar surface area (TPSA) is 26.3 Å². The minimum atomic E-state index is -0.318. The summed E-state index contributed by atoms with van der Waals surface area (Å²) in [6.45, 7) is 1.93. The number of esters is 1. The number of hydrogen-bond acceptors (Lipinski definition) is 3. The van der Waals surface area contributed by atoms with Crippen molar-refractivity contribution in [2.24, 2.45) is 0 Å². The number of rotatable bonds is 2. The summed E-state index contributed by atoms with van der Waals surface area (Å²) >= 11 is 1.43. The van der Waals surface area contributed by atoms with Crippen LogP contribution in [0.1, 0.15) is 32.5 Å². The van der Waals surface area contributed by atoms with Crippen LogP contribution in [0.3, 0.4) is 0 Å². The van der Waals surface area contributed by atoms with Crippen LogP contribution >= 0.6 is 11.3 Å². The lowest BCUT2D eigenvalue weighted by atomic mass is 10.1. The Labute approximate surface area is 133 Å². The number of thiophene rings is 1. The van der Waals surface area contributed by atoms with E-state index in [0.29, 0.717) is 4.88 Å². The minimum absolute atomic E-state index is 0.246. The highest BCUT2D eigenvalue weighted by Gasteiger charge is 2.31. The normalized spacial score (nSPS) is 12.8. The van der Waals surface area contributed by atoms with E-state index in [1.807, 2.05) is 54.8 Å². The molecule has 0 amide bonds. The van der Waals surface area contributed by atoms with Crippen molar-refractivity contribution < 1.29 is 9.53 Å². The Hall–Kier alpha value is -2.39. The monoisotopic (exact) mass is 306 g/mol. The molecule has 0 bridgehead atoms. The van der Waals surface area contributed by atoms with Crippen molar-refractivity contribution in [3.8, 4) is 11.1 Å². The van der Waals surface area contributed by atoms with Gasteiger partial charge in [0.2, 0.25) is 0 Å². The molecule has 0 atom stereocenters. The predicted molar refractivity (Wildman–Crippen MR) is 88.2 cm³/mol. The van der Waals surface area contributed by atoms with Crippen LogP contribution in [0.25, 0.3) is 11.1 Å². The molecule has 2 aromatic carbocycles. The maximum Gasteiger partial charge on any atom is 0.349 e. The van der Waals surface area contributed by atoms with Crippen molar-refractivity contribution in [2.45, 2.75) is 13.0 Å². The van der Waals surface area contributed by atoms with E-state index in [0.717, 1.165) is 27.8 Å². The van der Waals surface area contributed by atoms with E-state index >= 15 is 0 Å². The highest BCUT2D eigenvalue weighted by atomic mass is 32.1. The van der Waals surface area contributed by atoms with E-state index in [9.17, 15) is 4.79 Å². The molecule has 1 aliphatic rings. The molecule has 0 radical (unpaired) electrons. The van der Waals surface area contributed by atoms with Gasteiger partial charge in [0.1, 0.15) is 4.88 Å². The van der Waals surface area contributed by atoms with Gasteiger partial charge in [0.05, 0.1) is 0 Å². The molecule has 0 spiro atoms. The Morgan fingerprint density at radius 3 is 2.09 bits per heavy atom. The third-order valence-electron chi connectivity index (χ3n) is 4.05. The summed E-state index contributed by atoms with van der Waals surface area (Å²) in [4.78, 5) is 13.2. The van der Waals surface area contributed by atoms with Crippen LogP contribution in [0, 0.1) is 6.92 Å². The van der Waals surface area contributed by atoms with Crippen LogP contribution in [0.2, 0.25) is 0 Å². The number of benzene rings is 2. The van der Waals surface area contributed by atoms with Crippen molar-refractivity contribution in [3.63, 3.8) is 0 Å². The molecule has 3 aromatic rings. The van der Waals surface area contributed by atoms with Gasteiger partial charge in [0.25, 0.3) is 0 Å². The standard InChI is InChI=1S/C19H14O2S/c1-12-10-11-22-18(12)19(20)21-17-15-8-4-2-6-13(15)14-7-3-5-9-16(14)17/h2-11,17H,1H3. The Kier molecular flexibility index (Phi) is 3.09. The molecule has 0 unspecified atom stereocenters. The zero-order valence-electron chi connectivity index (χ0n) is 12.1. The SMILES string of the molecule is Cc1ccsc1C(=O)OC1c2ccccc2-c2ccccc21. The van der Waals surface area contributed by atoms with Gasteiger partial charge in [-0.3, -0.25) is 0 Å². The third-order valence-corrected chi connectivity index (χ3v) is 5.05. The summed E-state index contributed by atoms with van der Waals surface area (Å²) in [6, 6.07) is 18.2. The molecule has 0 N–H and O–H groups in total. The molecular weight excluding hydrogens is 292 g/mol. The van der Waals surface area contributed by atoms with E-state index in [2.05, 4.69) is 12.1 Å². The second kappa shape index (κ2) is 5.11. The van der Waals surface area contributed by atoms with Crippen molar-refractivity contribution in [1.29, 1.82) is 0 Å². The highest BCUT2D eigenvalue weighted by molar-refractivity contribution is 7.12. The number of carbonyl (C=O) groups excluding carboxylic acids is 1. The minimum Gasteiger partial charge on any atom is -0.448 e. The summed E-state index contributed by atoms with van der Waals surface area (Å²) in [5, 5.41) is 1.92. The molecule has 108 valence electrons. The zero-order chi connectivity index (χ0) is 15.1. The first-order valence-electron chi connectivity index (χ1n) is 7.19. The molecule has 2 nitrogen and oxygen atoms in total. The van der Waals surface area contributed by atoms with Gasteiger partial charge >= 0.3 is 5.97 Å². The first kappa shape index (κ1) is 13.3. The first-order chi connectivity index (χ1) is 10.8. The lowest BCUT2D eigenvalue weighted by Gasteiger charge is -2.14. The van der Waals surface area contributed by atoms with E-state index in [4.69, 9.17) is 4.74 Å². The molecule has 0 aliphatic heterocycles. The van der Waals surface area contributed by atoms with Gasteiger partial charge in [-0.15, -0.1) is 11.3 Å². The maximum absolute atomic E-state index is 12.5. The Bertz CT molecular complexity index is 818. The molecular formula is C19H14O2S. The van der Waals surface area contributed by atoms with Gasteiger partial charge in [-0.05, 0) is 35.1 Å². The van der Waals surface area contributed by atoms with Gasteiger partial charge in [0.15, 0.2) is 6.10 Å². The Balaban J connectivity index is 1.76. The molecule has 0 fully saturated rings. The van der Waals surface area contributed by atoms with E-state index in [1.165, 1.54) is 11.3 Å². The molecule has 0 saturated carbocycles. The summed E-state index contributed by atoms with van der Waals surface area (Å²) in [5.41, 5.74) is 5.39. The average molecular weight is 306 g/mol. The molecule has 1 aromatic heterocycles. The average Bonchev–Trinajstić information content (AvgIpc) is 3.11. The number of ether oxygens (including phenoxy) is 1. The fourth-order valence-corrected chi connectivity index (χ4v) is 3.79. The molecule has 0 saturated heterocycles. The third kappa shape index (κ3) is 1.97. The Morgan fingerprint density at radius 1 is 0.955 bits per heavy atom. The van der Waals surface area contributed by atoms with Crippen molar-refractivity contribution in [1.82, 2.24) is 0 Å². The van der Waals surface area contributed by atoms with E-state index in [1.54, 1.807) is 0 Å². The summed E-state index contributed by atoms with van der Waals surface area (Å²) in [5.74, 6) is -0.246. The number of hydrogen-bond donors (Lipinski definition) is 0. The van der Waals surface area contributed by atoms with E-state index in [-0.39, 0.29) is 12.1 Å². The molecule has 4 rings (SSSR count). The lowest BCUT2D eigenvalue weighted by Crippen LogP contribution is -2.10. The van der Waals surface area contributed by atoms with Gasteiger partial charge in [0, 0.05) is 11.1 Å². The van der Waals surface area contributed by atoms with Crippen LogP contribution in [0.5, 0.6) is 0 Å². The van der Waals surface area contributed by atoms with Gasteiger partial charge in [-0.25, -0.2) is 4.79 Å². The second-order valence-corrected chi connectivity index (χ2v) is 6.31. The first-order valence-corrected chi connectivity index (χ1v) is 8.07. The van der Waals surface area contributed by atoms with E-state index < -0.39 is 0 Å². The van der Waals surface area contributed by atoms with Crippen LogP contribution in [0.4, 0.5) is 0 Å². The van der Waals surface area contributed by atoms with Gasteiger partial charge in [-0.1, -0.05) is 48.5 Å². The van der Waals surface area contributed by atoms with Crippen molar-refractivity contribution in [2.75, 3.05) is 0 Å². The lowest BCUT2D eigenvalue weighted by molar-refractivity contribution is 0.0391. The summed E-state index contributed by atoms with van der Waals surface area (Å²) in [6.07, 6.45) is -0.318. The zero-order valence-corrected chi connectivity index (χ0v) is 12.9. The quantitative estimate of drug-likeness (QED) is 0.624. The molecule has 1 aliphatic carbocycles. The van der Waals surface area contributed by atoms with Gasteiger partial charge < -0.3 is 4.74 Å². The summed E-state index contributed by atoms with van der Waals surface area (Å²) in [7, 11) is 0. The highest BCUT2D eigenvalue weighted by Crippen LogP contribution is 2.45. The van der Waals surface area contributed by atoms with Crippen LogP contribution in [-0.2, 0) is 4.74 Å². The van der Waals surface area contributed by atoms with Gasteiger partial charge in [-0.2, -0.15) is 0 Å². The second-order valence-electron chi connectivity index (χ2n) is 5.39. The number of carbonyl (C=O) groups is 1. The maximum atomic E-state index is 12.5. The predicted octanol–water partition coefficient (Wildman–Crippen LogP) is 4.98. The number of fused-ring (bicyclic) bond motifs is 3. The Morgan fingerprint density at radius 2 is 1.55 bits per heavy atom. The van der Waals surface area contributed by atoms with Crippen LogP contribution in [0.15, 0.2) is 60.0 Å².